The third kappa shape index (κ3) is 6.00. The van der Waals surface area contributed by atoms with Crippen molar-refractivity contribution in [2.45, 2.75) is 45.5 Å². The molecule has 0 radical (unpaired) electrons. The molecule has 174 valence electrons. The van der Waals surface area contributed by atoms with Crippen molar-refractivity contribution in [2.75, 3.05) is 6.54 Å². The van der Waals surface area contributed by atoms with Gasteiger partial charge in [0, 0.05) is 6.54 Å². The number of benzene rings is 2. The molecular weight excluding hydrogens is 428 g/mol. The molecule has 33 heavy (non-hydrogen) atoms. The van der Waals surface area contributed by atoms with Crippen LogP contribution in [-0.2, 0) is 20.7 Å². The molecule has 1 heterocycles. The summed E-state index contributed by atoms with van der Waals surface area (Å²) in [5, 5.41) is 11.7. The first-order valence-electron chi connectivity index (χ1n) is 10.5. The number of carbonyl (C=O) groups is 2. The summed E-state index contributed by atoms with van der Waals surface area (Å²) in [4.78, 5) is 23.3. The Bertz CT molecular complexity index is 1040. The second-order valence-corrected chi connectivity index (χ2v) is 8.77. The van der Waals surface area contributed by atoms with Gasteiger partial charge in [-0.1, -0.05) is 42.5 Å². The predicted octanol–water partition coefficient (Wildman–Crippen LogP) is 4.47. The molecule has 0 saturated carbocycles. The van der Waals surface area contributed by atoms with Crippen LogP contribution in [0.1, 0.15) is 49.2 Å². The van der Waals surface area contributed by atoms with Gasteiger partial charge in [-0.2, -0.15) is 0 Å². The van der Waals surface area contributed by atoms with Gasteiger partial charge in [0.15, 0.2) is 0 Å². The average Bonchev–Trinajstić information content (AvgIpc) is 2.97. The van der Waals surface area contributed by atoms with Gasteiger partial charge in [-0.05, 0) is 56.4 Å². The molecule has 2 N–H and O–H groups in total. The fraction of sp³-hybridized carbons (Fsp3) is 0.333. The van der Waals surface area contributed by atoms with Crippen molar-refractivity contribution in [3.8, 4) is 0 Å². The van der Waals surface area contributed by atoms with Gasteiger partial charge in [0.05, 0.1) is 16.8 Å². The minimum absolute atomic E-state index is 0.0206. The van der Waals surface area contributed by atoms with Gasteiger partial charge in [0.2, 0.25) is 0 Å². The van der Waals surface area contributed by atoms with Gasteiger partial charge in [0.1, 0.15) is 12.4 Å². The first kappa shape index (κ1) is 24.5. The van der Waals surface area contributed by atoms with Gasteiger partial charge in [-0.3, -0.25) is 0 Å². The Kier molecular flexibility index (Phi) is 7.24. The molecule has 1 amide bonds. The Morgan fingerprint density at radius 2 is 1.73 bits per heavy atom. The number of carbonyl (C=O) groups excluding carboxylic acids is 1. The van der Waals surface area contributed by atoms with E-state index in [4.69, 9.17) is 19.2 Å². The van der Waals surface area contributed by atoms with E-state index in [1.807, 2.05) is 58.0 Å². The molecule has 9 heteroatoms. The van der Waals surface area contributed by atoms with E-state index >= 15 is 0 Å². The molecule has 0 bridgehead atoms. The SMILES string of the molecule is CC1(C)OB(C(=Cc2ccc(C(=O)O)c(F)c2)CNC(=O)OCc2ccccc2)OC1(C)C. The lowest BCUT2D eigenvalue weighted by Gasteiger charge is -2.32. The molecule has 0 spiro atoms. The first-order valence-corrected chi connectivity index (χ1v) is 10.5. The van der Waals surface area contributed by atoms with Crippen molar-refractivity contribution in [1.82, 2.24) is 5.32 Å². The number of carboxylic acids is 1. The predicted molar refractivity (Wildman–Crippen MR) is 122 cm³/mol. The maximum Gasteiger partial charge on any atom is 0.492 e. The zero-order chi connectivity index (χ0) is 24.2. The smallest absolute Gasteiger partial charge is 0.478 e. The second-order valence-electron chi connectivity index (χ2n) is 8.77. The van der Waals surface area contributed by atoms with Gasteiger partial charge in [0.25, 0.3) is 0 Å². The molecule has 1 aliphatic heterocycles. The number of halogens is 1. The minimum atomic E-state index is -1.35. The maximum atomic E-state index is 14.2. The van der Waals surface area contributed by atoms with Crippen LogP contribution in [0.5, 0.6) is 0 Å². The van der Waals surface area contributed by atoms with Crippen LogP contribution in [0.15, 0.2) is 54.0 Å². The number of amides is 1. The number of nitrogens with one attached hydrogen (secondary N) is 1. The summed E-state index contributed by atoms with van der Waals surface area (Å²) in [6.07, 6.45) is 0.975. The number of ether oxygens (including phenoxy) is 1. The fourth-order valence-electron chi connectivity index (χ4n) is 3.15. The molecule has 1 saturated heterocycles. The van der Waals surface area contributed by atoms with Crippen molar-refractivity contribution in [1.29, 1.82) is 0 Å². The highest BCUT2D eigenvalue weighted by Crippen LogP contribution is 2.38. The molecular formula is C24H27BFNO6. The largest absolute Gasteiger partial charge is 0.492 e. The lowest BCUT2D eigenvalue weighted by molar-refractivity contribution is 0.00578. The number of carboxylic acid groups (broad SMARTS) is 1. The number of aromatic carboxylic acids is 1. The van der Waals surface area contributed by atoms with Crippen molar-refractivity contribution in [3.63, 3.8) is 0 Å². The Balaban J connectivity index is 1.77. The Labute approximate surface area is 192 Å². The van der Waals surface area contributed by atoms with Gasteiger partial charge >= 0.3 is 19.2 Å². The van der Waals surface area contributed by atoms with Crippen LogP contribution in [0.3, 0.4) is 0 Å². The summed E-state index contributed by atoms with van der Waals surface area (Å²) in [7, 11) is -0.799. The summed E-state index contributed by atoms with van der Waals surface area (Å²) in [6, 6.07) is 13.0. The van der Waals surface area contributed by atoms with E-state index in [2.05, 4.69) is 5.32 Å². The number of hydrogen-bond donors (Lipinski definition) is 2. The summed E-state index contributed by atoms with van der Waals surface area (Å²) >= 11 is 0. The molecule has 0 aromatic heterocycles. The topological polar surface area (TPSA) is 94.1 Å². The lowest BCUT2D eigenvalue weighted by Crippen LogP contribution is -2.41. The van der Waals surface area contributed by atoms with E-state index in [-0.39, 0.29) is 13.2 Å². The summed E-state index contributed by atoms with van der Waals surface area (Å²) in [6.45, 7) is 7.72. The van der Waals surface area contributed by atoms with Crippen LogP contribution in [-0.4, -0.2) is 42.0 Å². The number of rotatable bonds is 7. The standard InChI is InChI=1S/C24H27BFNO6/c1-23(2)24(3,4)33-25(32-23)18(12-17-10-11-19(21(28)29)20(26)13-17)14-27-22(30)31-15-16-8-6-5-7-9-16/h5-13H,14-15H2,1-4H3,(H,27,30)(H,28,29). The van der Waals surface area contributed by atoms with Crippen molar-refractivity contribution >= 4 is 25.3 Å². The van der Waals surface area contributed by atoms with Crippen LogP contribution in [0.2, 0.25) is 0 Å². The molecule has 3 rings (SSSR count). The Morgan fingerprint density at radius 1 is 1.09 bits per heavy atom. The second kappa shape index (κ2) is 9.76. The molecule has 0 atom stereocenters. The van der Waals surface area contributed by atoms with E-state index in [0.29, 0.717) is 11.0 Å². The number of alkyl carbamates (subject to hydrolysis) is 1. The van der Waals surface area contributed by atoms with E-state index in [0.717, 1.165) is 11.6 Å². The first-order chi connectivity index (χ1) is 15.5. The van der Waals surface area contributed by atoms with Crippen molar-refractivity contribution in [2.24, 2.45) is 0 Å². The maximum absolute atomic E-state index is 14.2. The van der Waals surface area contributed by atoms with Crippen LogP contribution in [0, 0.1) is 5.82 Å². The molecule has 2 aromatic carbocycles. The molecule has 2 aromatic rings. The summed E-state index contributed by atoms with van der Waals surface area (Å²) in [5.74, 6) is -2.21. The van der Waals surface area contributed by atoms with E-state index in [1.165, 1.54) is 12.1 Å². The van der Waals surface area contributed by atoms with Crippen LogP contribution >= 0.6 is 0 Å². The van der Waals surface area contributed by atoms with Gasteiger partial charge in [-0.25, -0.2) is 14.0 Å². The summed E-state index contributed by atoms with van der Waals surface area (Å²) in [5.41, 5.74) is 0.108. The molecule has 0 aliphatic carbocycles. The minimum Gasteiger partial charge on any atom is -0.478 e. The highest BCUT2D eigenvalue weighted by Gasteiger charge is 2.52. The van der Waals surface area contributed by atoms with E-state index < -0.39 is 41.8 Å². The highest BCUT2D eigenvalue weighted by atomic mass is 19.1. The lowest BCUT2D eigenvalue weighted by atomic mass is 9.77. The average molecular weight is 455 g/mol. The van der Waals surface area contributed by atoms with Gasteiger partial charge in [-0.15, -0.1) is 0 Å². The van der Waals surface area contributed by atoms with Crippen LogP contribution in [0.25, 0.3) is 6.08 Å². The zero-order valence-corrected chi connectivity index (χ0v) is 19.1. The zero-order valence-electron chi connectivity index (χ0n) is 19.1. The molecule has 1 aliphatic rings. The normalized spacial score (nSPS) is 17.0. The van der Waals surface area contributed by atoms with E-state index in [9.17, 15) is 14.0 Å². The quantitative estimate of drug-likeness (QED) is 0.599. The van der Waals surface area contributed by atoms with Crippen molar-refractivity contribution in [3.05, 3.63) is 76.5 Å². The Hall–Kier alpha value is -3.17. The van der Waals surface area contributed by atoms with Crippen LogP contribution in [0.4, 0.5) is 9.18 Å². The summed E-state index contributed by atoms with van der Waals surface area (Å²) < 4.78 is 31.6. The highest BCUT2D eigenvalue weighted by molar-refractivity contribution is 6.56. The monoisotopic (exact) mass is 455 g/mol. The van der Waals surface area contributed by atoms with Crippen LogP contribution < -0.4 is 5.32 Å². The molecule has 0 unspecified atom stereocenters. The fourth-order valence-corrected chi connectivity index (χ4v) is 3.15. The van der Waals surface area contributed by atoms with Gasteiger partial charge < -0.3 is 24.5 Å². The third-order valence-corrected chi connectivity index (χ3v) is 5.78. The number of hydrogen-bond acceptors (Lipinski definition) is 5. The van der Waals surface area contributed by atoms with Crippen molar-refractivity contribution < 1.29 is 33.1 Å². The third-order valence-electron chi connectivity index (χ3n) is 5.78. The van der Waals surface area contributed by atoms with E-state index in [1.54, 1.807) is 6.08 Å². The molecule has 1 fully saturated rings. The Morgan fingerprint density at radius 3 is 2.30 bits per heavy atom. The molecule has 7 nitrogen and oxygen atoms in total.